The standard InChI is InChI=1S/C15H29N3S/c1-12(11-18-7-5-6-8-18)17-14-16-10-13(19-14)9-15(2,3)4/h12-13H,5-11H2,1-4H3,(H,16,17). The van der Waals surface area contributed by atoms with Gasteiger partial charge < -0.3 is 10.2 Å². The molecule has 3 nitrogen and oxygen atoms in total. The Morgan fingerprint density at radius 1 is 1.37 bits per heavy atom. The third-order valence-electron chi connectivity index (χ3n) is 3.66. The topological polar surface area (TPSA) is 27.6 Å². The third kappa shape index (κ3) is 5.35. The van der Waals surface area contributed by atoms with Crippen LogP contribution in [0.4, 0.5) is 0 Å². The lowest BCUT2D eigenvalue weighted by molar-refractivity contribution is 0.312. The second-order valence-electron chi connectivity index (χ2n) is 7.20. The first kappa shape index (κ1) is 15.2. The zero-order valence-corrected chi connectivity index (χ0v) is 13.7. The molecule has 0 amide bonds. The van der Waals surface area contributed by atoms with Crippen LogP contribution in [0, 0.1) is 5.41 Å². The number of thioether (sulfide) groups is 1. The minimum Gasteiger partial charge on any atom is -0.361 e. The molecule has 4 heteroatoms. The molecule has 110 valence electrons. The maximum Gasteiger partial charge on any atom is 0.157 e. The van der Waals surface area contributed by atoms with Gasteiger partial charge in [0, 0.05) is 17.8 Å². The molecule has 2 rings (SSSR count). The Bertz CT molecular complexity index is 316. The van der Waals surface area contributed by atoms with Crippen LogP contribution in [0.25, 0.3) is 0 Å². The van der Waals surface area contributed by atoms with E-state index in [-0.39, 0.29) is 0 Å². The minimum absolute atomic E-state index is 0.407. The van der Waals surface area contributed by atoms with Crippen LogP contribution in [0.3, 0.4) is 0 Å². The van der Waals surface area contributed by atoms with Gasteiger partial charge in [0.25, 0.3) is 0 Å². The van der Waals surface area contributed by atoms with E-state index in [1.807, 2.05) is 11.8 Å². The number of likely N-dealkylation sites (tertiary alicyclic amines) is 1. The van der Waals surface area contributed by atoms with Crippen LogP contribution in [0.2, 0.25) is 0 Å². The lowest BCUT2D eigenvalue weighted by atomic mass is 9.90. The van der Waals surface area contributed by atoms with Crippen molar-refractivity contribution in [2.24, 2.45) is 10.4 Å². The highest BCUT2D eigenvalue weighted by Gasteiger charge is 2.26. The molecule has 0 radical (unpaired) electrons. The number of hydrogen-bond acceptors (Lipinski definition) is 4. The Morgan fingerprint density at radius 2 is 2.05 bits per heavy atom. The third-order valence-corrected chi connectivity index (χ3v) is 4.78. The van der Waals surface area contributed by atoms with Gasteiger partial charge in [0.2, 0.25) is 0 Å². The summed E-state index contributed by atoms with van der Waals surface area (Å²) in [7, 11) is 0. The summed E-state index contributed by atoms with van der Waals surface area (Å²) in [5.74, 6) is 0. The highest BCUT2D eigenvalue weighted by atomic mass is 32.2. The van der Waals surface area contributed by atoms with Crippen molar-refractivity contribution in [2.45, 2.75) is 58.2 Å². The second kappa shape index (κ2) is 6.49. The van der Waals surface area contributed by atoms with Crippen LogP contribution < -0.4 is 5.32 Å². The Morgan fingerprint density at radius 3 is 2.68 bits per heavy atom. The number of aliphatic imine (C=N–C) groups is 1. The van der Waals surface area contributed by atoms with E-state index in [0.29, 0.717) is 16.7 Å². The van der Waals surface area contributed by atoms with E-state index in [1.54, 1.807) is 0 Å². The van der Waals surface area contributed by atoms with Gasteiger partial charge in [-0.1, -0.05) is 32.5 Å². The predicted octanol–water partition coefficient (Wildman–Crippen LogP) is 2.97. The summed E-state index contributed by atoms with van der Waals surface area (Å²) in [6.45, 7) is 13.9. The first-order valence-corrected chi connectivity index (χ1v) is 8.50. The zero-order valence-electron chi connectivity index (χ0n) is 12.9. The van der Waals surface area contributed by atoms with E-state index >= 15 is 0 Å². The van der Waals surface area contributed by atoms with Gasteiger partial charge in [-0.25, -0.2) is 0 Å². The molecular formula is C15H29N3S. The van der Waals surface area contributed by atoms with E-state index in [1.165, 1.54) is 37.5 Å². The quantitative estimate of drug-likeness (QED) is 0.859. The molecule has 2 atom stereocenters. The summed E-state index contributed by atoms with van der Waals surface area (Å²) in [6, 6.07) is 0.512. The smallest absolute Gasteiger partial charge is 0.157 e. The van der Waals surface area contributed by atoms with Gasteiger partial charge in [-0.15, -0.1) is 0 Å². The molecule has 2 aliphatic rings. The first-order valence-electron chi connectivity index (χ1n) is 7.62. The Hall–Kier alpha value is -0.220. The molecule has 0 saturated carbocycles. The fourth-order valence-corrected chi connectivity index (χ4v) is 4.36. The minimum atomic E-state index is 0.407. The van der Waals surface area contributed by atoms with Crippen LogP contribution in [0.1, 0.15) is 47.0 Å². The monoisotopic (exact) mass is 283 g/mol. The molecule has 0 aromatic rings. The summed E-state index contributed by atoms with van der Waals surface area (Å²) in [4.78, 5) is 7.23. The van der Waals surface area contributed by atoms with Crippen LogP contribution in [0.15, 0.2) is 4.99 Å². The van der Waals surface area contributed by atoms with Crippen LogP contribution in [0.5, 0.6) is 0 Å². The normalized spacial score (nSPS) is 26.5. The largest absolute Gasteiger partial charge is 0.361 e. The van der Waals surface area contributed by atoms with Gasteiger partial charge in [-0.05, 0) is 44.7 Å². The Kier molecular flexibility index (Phi) is 5.18. The molecule has 0 spiro atoms. The highest BCUT2D eigenvalue weighted by molar-refractivity contribution is 8.14. The zero-order chi connectivity index (χ0) is 13.9. The van der Waals surface area contributed by atoms with Gasteiger partial charge in [-0.2, -0.15) is 0 Å². The molecule has 19 heavy (non-hydrogen) atoms. The highest BCUT2D eigenvalue weighted by Crippen LogP contribution is 2.31. The fourth-order valence-electron chi connectivity index (χ4n) is 2.89. The summed E-state index contributed by atoms with van der Waals surface area (Å²) in [5.41, 5.74) is 0.407. The Balaban J connectivity index is 1.69. The molecule has 2 unspecified atom stereocenters. The molecule has 2 heterocycles. The average molecular weight is 283 g/mol. The molecule has 2 aliphatic heterocycles. The molecule has 1 N–H and O–H groups in total. The number of nitrogens with one attached hydrogen (secondary N) is 1. The Labute approximate surface area is 122 Å². The van der Waals surface area contributed by atoms with Gasteiger partial charge >= 0.3 is 0 Å². The van der Waals surface area contributed by atoms with Crippen LogP contribution >= 0.6 is 11.8 Å². The number of nitrogens with zero attached hydrogens (tertiary/aromatic N) is 2. The fraction of sp³-hybridized carbons (Fsp3) is 0.933. The van der Waals surface area contributed by atoms with Crippen molar-refractivity contribution in [1.29, 1.82) is 0 Å². The van der Waals surface area contributed by atoms with Crippen molar-refractivity contribution < 1.29 is 0 Å². The van der Waals surface area contributed by atoms with Gasteiger partial charge in [0.15, 0.2) is 5.17 Å². The SMILES string of the molecule is CC(CN1CCCC1)NC1=NCC(CC(C)(C)C)S1. The van der Waals surface area contributed by atoms with E-state index in [2.05, 4.69) is 42.9 Å². The number of rotatable bonds is 4. The van der Waals surface area contributed by atoms with Crippen molar-refractivity contribution in [3.05, 3.63) is 0 Å². The molecule has 1 fully saturated rings. The molecular weight excluding hydrogens is 254 g/mol. The van der Waals surface area contributed by atoms with Crippen LogP contribution in [-0.4, -0.2) is 47.5 Å². The molecule has 1 saturated heterocycles. The number of amidine groups is 1. The summed E-state index contributed by atoms with van der Waals surface area (Å²) >= 11 is 1.94. The predicted molar refractivity (Wildman–Crippen MR) is 86.0 cm³/mol. The van der Waals surface area contributed by atoms with E-state index in [0.717, 1.165) is 13.1 Å². The van der Waals surface area contributed by atoms with Gasteiger partial charge in [0.05, 0.1) is 6.54 Å². The lowest BCUT2D eigenvalue weighted by Gasteiger charge is -2.23. The van der Waals surface area contributed by atoms with E-state index < -0.39 is 0 Å². The maximum atomic E-state index is 4.67. The van der Waals surface area contributed by atoms with Crippen molar-refractivity contribution in [2.75, 3.05) is 26.2 Å². The molecule has 0 aromatic heterocycles. The molecule has 0 aliphatic carbocycles. The molecule has 0 aromatic carbocycles. The first-order chi connectivity index (χ1) is 8.92. The van der Waals surface area contributed by atoms with Crippen molar-refractivity contribution in [3.63, 3.8) is 0 Å². The van der Waals surface area contributed by atoms with Crippen molar-refractivity contribution in [1.82, 2.24) is 10.2 Å². The summed E-state index contributed by atoms with van der Waals surface area (Å²) in [6.07, 6.45) is 3.99. The van der Waals surface area contributed by atoms with Crippen LogP contribution in [-0.2, 0) is 0 Å². The van der Waals surface area contributed by atoms with E-state index in [4.69, 9.17) is 0 Å². The average Bonchev–Trinajstić information content (AvgIpc) is 2.88. The van der Waals surface area contributed by atoms with Gasteiger partial charge in [0.1, 0.15) is 0 Å². The van der Waals surface area contributed by atoms with Crippen molar-refractivity contribution >= 4 is 16.9 Å². The summed E-state index contributed by atoms with van der Waals surface area (Å²) in [5, 5.41) is 5.43. The van der Waals surface area contributed by atoms with E-state index in [9.17, 15) is 0 Å². The number of hydrogen-bond donors (Lipinski definition) is 1. The van der Waals surface area contributed by atoms with Crippen molar-refractivity contribution in [3.8, 4) is 0 Å². The van der Waals surface area contributed by atoms with Gasteiger partial charge in [-0.3, -0.25) is 4.99 Å². The maximum absolute atomic E-state index is 4.67. The lowest BCUT2D eigenvalue weighted by Crippen LogP contribution is -2.39. The summed E-state index contributed by atoms with van der Waals surface area (Å²) < 4.78 is 0. The second-order valence-corrected chi connectivity index (χ2v) is 8.49. The molecule has 0 bridgehead atoms.